The number of hydrogen-bond donors (Lipinski definition) is 1. The molecule has 1 aromatic heterocycles. The molecule has 1 amide bonds. The van der Waals surface area contributed by atoms with Crippen LogP contribution in [0.25, 0.3) is 11.1 Å². The lowest BCUT2D eigenvalue weighted by Gasteiger charge is -2.29. The number of carbonyl (C=O) groups is 2. The summed E-state index contributed by atoms with van der Waals surface area (Å²) >= 11 is 0. The van der Waals surface area contributed by atoms with Crippen LogP contribution in [0.15, 0.2) is 42.4 Å². The number of aromatic nitrogens is 1. The van der Waals surface area contributed by atoms with E-state index in [0.29, 0.717) is 18.9 Å². The summed E-state index contributed by atoms with van der Waals surface area (Å²) in [4.78, 5) is 28.5. The number of halogens is 1. The zero-order valence-electron chi connectivity index (χ0n) is 16.4. The zero-order valence-corrected chi connectivity index (χ0v) is 16.4. The Bertz CT molecular complexity index is 955. The highest BCUT2D eigenvalue weighted by Gasteiger charge is 2.28. The van der Waals surface area contributed by atoms with Gasteiger partial charge in [0, 0.05) is 43.7 Å². The number of carbonyl (C=O) groups excluding carboxylic acids is 2. The fraction of sp³-hybridized carbons (Fsp3) is 0.286. The number of benzene rings is 1. The predicted molar refractivity (Wildman–Crippen MR) is 109 cm³/mol. The van der Waals surface area contributed by atoms with E-state index in [1.807, 2.05) is 24.0 Å². The van der Waals surface area contributed by atoms with Gasteiger partial charge in [-0.2, -0.15) is 0 Å². The highest BCUT2D eigenvalue weighted by Crippen LogP contribution is 2.36. The molecule has 0 bridgehead atoms. The molecule has 2 aromatic rings. The van der Waals surface area contributed by atoms with Crippen molar-refractivity contribution >= 4 is 23.6 Å². The molecule has 7 nitrogen and oxygen atoms in total. The van der Waals surface area contributed by atoms with Gasteiger partial charge in [-0.05, 0) is 36.8 Å². The Balaban J connectivity index is 0.000000755. The number of rotatable bonds is 4. The molecular weight excluding hydrogens is 375 g/mol. The Labute approximate surface area is 168 Å². The van der Waals surface area contributed by atoms with Crippen LogP contribution >= 0.6 is 0 Å². The number of ketones is 1. The van der Waals surface area contributed by atoms with E-state index in [1.165, 1.54) is 6.07 Å². The van der Waals surface area contributed by atoms with Crippen LogP contribution in [-0.4, -0.2) is 43.5 Å². The molecule has 29 heavy (non-hydrogen) atoms. The minimum Gasteiger partial charge on any atom is -0.378 e. The Morgan fingerprint density at radius 1 is 1.21 bits per heavy atom. The summed E-state index contributed by atoms with van der Waals surface area (Å²) in [5.74, 6) is -0.254. The maximum absolute atomic E-state index is 14.2. The lowest BCUT2D eigenvalue weighted by atomic mass is 10.0. The molecule has 3 heterocycles. The van der Waals surface area contributed by atoms with Crippen molar-refractivity contribution in [2.24, 2.45) is 5.73 Å². The lowest BCUT2D eigenvalue weighted by Crippen LogP contribution is -2.36. The van der Waals surface area contributed by atoms with E-state index in [4.69, 9.17) is 9.53 Å². The maximum atomic E-state index is 14.2. The van der Waals surface area contributed by atoms with Gasteiger partial charge in [-0.25, -0.2) is 4.39 Å². The second-order valence-electron chi connectivity index (χ2n) is 6.70. The zero-order chi connectivity index (χ0) is 21.0. The van der Waals surface area contributed by atoms with E-state index >= 15 is 0 Å². The maximum Gasteiger partial charge on any atom is 0.204 e. The van der Waals surface area contributed by atoms with Gasteiger partial charge in [-0.15, -0.1) is 0 Å². The molecule has 8 heteroatoms. The standard InChI is InChI=1S/C20H20FN3O2.CH3NO/c1-13-19(24-12-20(24)14(2)25)9-16(11-22-13)15-7-17(21)10-18(8-15)23-3-5-26-6-4-23;2-1-3/h7-12H,3-6H2,1-2H3;1H,(H2,2,3). The Morgan fingerprint density at radius 2 is 1.90 bits per heavy atom. The summed E-state index contributed by atoms with van der Waals surface area (Å²) in [5, 5.41) is 0. The summed E-state index contributed by atoms with van der Waals surface area (Å²) in [6, 6.07) is 7.00. The van der Waals surface area contributed by atoms with Gasteiger partial charge < -0.3 is 20.3 Å². The number of amides is 1. The predicted octanol–water partition coefficient (Wildman–Crippen LogP) is 2.38. The molecule has 1 fully saturated rings. The van der Waals surface area contributed by atoms with Crippen LogP contribution in [0.3, 0.4) is 0 Å². The van der Waals surface area contributed by atoms with Crippen molar-refractivity contribution in [3.05, 3.63) is 53.9 Å². The van der Waals surface area contributed by atoms with Gasteiger partial charge in [0.2, 0.25) is 6.41 Å². The molecule has 0 atom stereocenters. The van der Waals surface area contributed by atoms with E-state index in [2.05, 4.69) is 15.6 Å². The molecule has 1 saturated heterocycles. The van der Waals surface area contributed by atoms with Gasteiger partial charge in [-0.3, -0.25) is 14.6 Å². The molecule has 4 rings (SSSR count). The topological polar surface area (TPSA) is 88.5 Å². The molecule has 0 saturated carbocycles. The molecule has 2 N–H and O–H groups in total. The van der Waals surface area contributed by atoms with Crippen molar-refractivity contribution in [2.75, 3.05) is 36.1 Å². The summed E-state index contributed by atoms with van der Waals surface area (Å²) in [7, 11) is 0. The highest BCUT2D eigenvalue weighted by atomic mass is 19.1. The Morgan fingerprint density at radius 3 is 2.52 bits per heavy atom. The van der Waals surface area contributed by atoms with Gasteiger partial charge in [0.1, 0.15) is 11.5 Å². The first-order valence-electron chi connectivity index (χ1n) is 9.22. The van der Waals surface area contributed by atoms with Crippen molar-refractivity contribution in [1.29, 1.82) is 0 Å². The summed E-state index contributed by atoms with van der Waals surface area (Å²) in [6.07, 6.45) is 3.79. The number of nitrogens with zero attached hydrogens (tertiary/aromatic N) is 3. The fourth-order valence-electron chi connectivity index (χ4n) is 3.22. The molecule has 152 valence electrons. The molecule has 0 unspecified atom stereocenters. The first-order valence-corrected chi connectivity index (χ1v) is 9.22. The van der Waals surface area contributed by atoms with Crippen molar-refractivity contribution in [1.82, 2.24) is 4.98 Å². The second-order valence-corrected chi connectivity index (χ2v) is 6.70. The van der Waals surface area contributed by atoms with Crippen molar-refractivity contribution in [2.45, 2.75) is 13.8 Å². The number of pyridine rings is 1. The monoisotopic (exact) mass is 398 g/mol. The average molecular weight is 398 g/mol. The minimum atomic E-state index is -0.277. The quantitative estimate of drug-likeness (QED) is 0.796. The molecule has 0 spiro atoms. The van der Waals surface area contributed by atoms with E-state index < -0.39 is 0 Å². The van der Waals surface area contributed by atoms with Crippen LogP contribution in [0.2, 0.25) is 0 Å². The molecule has 2 aliphatic rings. The van der Waals surface area contributed by atoms with Gasteiger partial charge in [0.05, 0.1) is 24.6 Å². The van der Waals surface area contributed by atoms with Gasteiger partial charge >= 0.3 is 0 Å². The lowest BCUT2D eigenvalue weighted by molar-refractivity contribution is -0.113. The number of aryl methyl sites for hydroxylation is 1. The Kier molecular flexibility index (Phi) is 6.23. The van der Waals surface area contributed by atoms with Crippen molar-refractivity contribution < 1.29 is 18.7 Å². The summed E-state index contributed by atoms with van der Waals surface area (Å²) < 4.78 is 19.6. The molecular formula is C21H23FN4O3. The average Bonchev–Trinajstić information content (AvgIpc) is 3.50. The van der Waals surface area contributed by atoms with Crippen LogP contribution in [0.4, 0.5) is 15.8 Å². The number of ether oxygens (including phenoxy) is 1. The van der Waals surface area contributed by atoms with Gasteiger partial charge in [-0.1, -0.05) is 0 Å². The number of anilines is 2. The van der Waals surface area contributed by atoms with Crippen LogP contribution in [0.1, 0.15) is 12.6 Å². The van der Waals surface area contributed by atoms with E-state index in [9.17, 15) is 9.18 Å². The smallest absolute Gasteiger partial charge is 0.204 e. The van der Waals surface area contributed by atoms with Gasteiger partial charge in [0.15, 0.2) is 5.78 Å². The first-order chi connectivity index (χ1) is 13.9. The third kappa shape index (κ3) is 4.78. The summed E-state index contributed by atoms with van der Waals surface area (Å²) in [5.41, 5.74) is 8.95. The normalized spacial score (nSPS) is 15.2. The van der Waals surface area contributed by atoms with Crippen molar-refractivity contribution in [3.8, 4) is 11.1 Å². The molecule has 1 aromatic carbocycles. The number of primary amides is 1. The third-order valence-electron chi connectivity index (χ3n) is 4.72. The van der Waals surface area contributed by atoms with E-state index in [-0.39, 0.29) is 18.0 Å². The second kappa shape index (κ2) is 8.83. The van der Waals surface area contributed by atoms with E-state index in [1.54, 1.807) is 25.4 Å². The fourth-order valence-corrected chi connectivity index (χ4v) is 3.22. The van der Waals surface area contributed by atoms with Crippen molar-refractivity contribution in [3.63, 3.8) is 0 Å². The Hall–Kier alpha value is -3.26. The van der Waals surface area contributed by atoms with Crippen LogP contribution in [0, 0.1) is 12.7 Å². The van der Waals surface area contributed by atoms with E-state index in [0.717, 1.165) is 41.3 Å². The SMILES string of the molecule is CC(=O)C1=CN1c1cc(-c2cc(F)cc(N3CCOCC3)c2)cnc1C.NC=O. The van der Waals surface area contributed by atoms with Crippen LogP contribution < -0.4 is 15.5 Å². The number of morpholine rings is 1. The third-order valence-corrected chi connectivity index (χ3v) is 4.72. The number of Topliss-reactive ketones (excluding diaryl/α,β-unsaturated/α-hetero) is 1. The number of allylic oxidation sites excluding steroid dienone is 1. The van der Waals surface area contributed by atoms with Crippen LogP contribution in [0.5, 0.6) is 0 Å². The minimum absolute atomic E-state index is 0.0233. The molecule has 2 aliphatic heterocycles. The van der Waals surface area contributed by atoms with Gasteiger partial charge in [0.25, 0.3) is 0 Å². The highest BCUT2D eigenvalue weighted by molar-refractivity contribution is 6.04. The first kappa shape index (κ1) is 20.5. The number of hydrogen-bond acceptors (Lipinski definition) is 6. The summed E-state index contributed by atoms with van der Waals surface area (Å²) in [6.45, 7) is 6.24. The molecule has 0 aliphatic carbocycles. The van der Waals surface area contributed by atoms with Crippen LogP contribution in [-0.2, 0) is 14.3 Å². The molecule has 0 radical (unpaired) electrons. The largest absolute Gasteiger partial charge is 0.378 e. The number of nitrogens with two attached hydrogens (primary N) is 1.